The molecule has 1 aliphatic heterocycles. The normalized spacial score (nSPS) is 14.3. The number of H-pyrrole nitrogens is 1. The smallest absolute Gasteiger partial charge is 0.255 e. The van der Waals surface area contributed by atoms with Gasteiger partial charge < -0.3 is 15.2 Å². The van der Waals surface area contributed by atoms with Gasteiger partial charge in [0.05, 0.1) is 27.6 Å². The van der Waals surface area contributed by atoms with Gasteiger partial charge in [-0.3, -0.25) is 4.79 Å². The lowest BCUT2D eigenvalue weighted by Gasteiger charge is -2.28. The Morgan fingerprint density at radius 1 is 1.03 bits per heavy atom. The topological polar surface area (TPSA) is 108 Å². The summed E-state index contributed by atoms with van der Waals surface area (Å²) in [4.78, 5) is 27.8. The number of nitrogens with zero attached hydrogens (tertiary/aromatic N) is 3. The fourth-order valence-corrected chi connectivity index (χ4v) is 5.61. The molecular weight excluding hydrogens is 486 g/mol. The molecule has 1 amide bonds. The first-order valence-corrected chi connectivity index (χ1v) is 14.2. The van der Waals surface area contributed by atoms with Gasteiger partial charge in [-0.25, -0.2) is 18.4 Å². The number of fused-ring (bicyclic) bond motifs is 1. The number of nitrogens with one attached hydrogen (secondary N) is 2. The second kappa shape index (κ2) is 10.3. The molecule has 3 heterocycles. The van der Waals surface area contributed by atoms with E-state index in [4.69, 9.17) is 0 Å². The predicted octanol–water partition coefficient (Wildman–Crippen LogP) is 4.73. The average Bonchev–Trinajstić information content (AvgIpc) is 3.36. The molecule has 37 heavy (non-hydrogen) atoms. The minimum Gasteiger partial charge on any atom is -0.372 e. The molecule has 2 aromatic carbocycles. The van der Waals surface area contributed by atoms with Crippen molar-refractivity contribution < 1.29 is 13.2 Å². The maximum absolute atomic E-state index is 13.0. The first-order valence-electron chi connectivity index (χ1n) is 12.6. The monoisotopic (exact) mass is 517 g/mol. The van der Waals surface area contributed by atoms with Crippen LogP contribution in [-0.2, 0) is 16.4 Å². The van der Waals surface area contributed by atoms with E-state index >= 15 is 0 Å². The van der Waals surface area contributed by atoms with Crippen molar-refractivity contribution in [3.8, 4) is 11.3 Å². The largest absolute Gasteiger partial charge is 0.372 e. The molecule has 2 N–H and O–H groups in total. The lowest BCUT2D eigenvalue weighted by atomic mass is 10.1. The lowest BCUT2D eigenvalue weighted by Crippen LogP contribution is -2.29. The van der Waals surface area contributed by atoms with Crippen molar-refractivity contribution in [2.75, 3.05) is 18.0 Å². The van der Waals surface area contributed by atoms with Gasteiger partial charge >= 0.3 is 0 Å². The average molecular weight is 518 g/mol. The maximum Gasteiger partial charge on any atom is 0.255 e. The van der Waals surface area contributed by atoms with Crippen LogP contribution in [0.1, 0.15) is 49.0 Å². The van der Waals surface area contributed by atoms with Crippen LogP contribution >= 0.6 is 0 Å². The molecule has 0 spiro atoms. The van der Waals surface area contributed by atoms with Crippen LogP contribution in [0.15, 0.2) is 65.8 Å². The maximum atomic E-state index is 13.0. The van der Waals surface area contributed by atoms with E-state index in [9.17, 15) is 13.2 Å². The third-order valence-electron chi connectivity index (χ3n) is 6.84. The second-order valence-corrected chi connectivity index (χ2v) is 12.2. The van der Waals surface area contributed by atoms with Gasteiger partial charge in [0.1, 0.15) is 5.52 Å². The molecule has 0 saturated carbocycles. The molecule has 0 unspecified atom stereocenters. The first-order chi connectivity index (χ1) is 17.8. The van der Waals surface area contributed by atoms with Crippen LogP contribution in [-0.4, -0.2) is 47.6 Å². The van der Waals surface area contributed by atoms with Crippen LogP contribution in [0.5, 0.6) is 0 Å². The molecule has 5 rings (SSSR count). The summed E-state index contributed by atoms with van der Waals surface area (Å²) < 4.78 is 24.8. The van der Waals surface area contributed by atoms with E-state index in [0.29, 0.717) is 29.0 Å². The zero-order chi connectivity index (χ0) is 26.0. The highest BCUT2D eigenvalue weighted by molar-refractivity contribution is 7.92. The third kappa shape index (κ3) is 5.22. The number of rotatable bonds is 7. The fourth-order valence-electron chi connectivity index (χ4n) is 4.55. The molecule has 8 nitrogen and oxygen atoms in total. The summed E-state index contributed by atoms with van der Waals surface area (Å²) >= 11 is 0. The number of carbonyl (C=O) groups is 1. The van der Waals surface area contributed by atoms with E-state index in [1.165, 1.54) is 24.9 Å². The highest BCUT2D eigenvalue weighted by Gasteiger charge is 2.20. The van der Waals surface area contributed by atoms with E-state index in [2.05, 4.69) is 49.4 Å². The van der Waals surface area contributed by atoms with E-state index < -0.39 is 15.1 Å². The Bertz CT molecular complexity index is 1500. The number of anilines is 1. The molecule has 0 aliphatic carbocycles. The Morgan fingerprint density at radius 2 is 1.73 bits per heavy atom. The molecule has 9 heteroatoms. The van der Waals surface area contributed by atoms with Crippen LogP contribution in [0.2, 0.25) is 0 Å². The minimum atomic E-state index is -3.35. The molecule has 0 radical (unpaired) electrons. The molecule has 4 aromatic rings. The van der Waals surface area contributed by atoms with Crippen molar-refractivity contribution in [3.05, 3.63) is 72.1 Å². The Balaban J connectivity index is 1.30. The molecule has 1 aliphatic rings. The highest BCUT2D eigenvalue weighted by Crippen LogP contribution is 2.24. The van der Waals surface area contributed by atoms with Crippen molar-refractivity contribution in [3.63, 3.8) is 0 Å². The summed E-state index contributed by atoms with van der Waals surface area (Å²) in [5, 5.41) is 2.48. The van der Waals surface area contributed by atoms with Gasteiger partial charge in [-0.1, -0.05) is 24.3 Å². The fraction of sp³-hybridized carbons (Fsp3) is 0.321. The number of sulfone groups is 1. The van der Waals surface area contributed by atoms with Gasteiger partial charge in [0.2, 0.25) is 0 Å². The van der Waals surface area contributed by atoms with Crippen molar-refractivity contribution in [2.24, 2.45) is 0 Å². The molecule has 192 valence electrons. The van der Waals surface area contributed by atoms with Crippen LogP contribution in [0, 0.1) is 0 Å². The first kappa shape index (κ1) is 25.0. The number of amides is 1. The van der Waals surface area contributed by atoms with Gasteiger partial charge in [-0.15, -0.1) is 0 Å². The minimum absolute atomic E-state index is 0.240. The Kier molecular flexibility index (Phi) is 6.97. The number of piperidine rings is 1. The molecule has 1 fully saturated rings. The standard InChI is InChI=1S/C28H31N5O3S/c1-19(2)37(35,36)23-12-8-21(9-13-23)25-18-30-27-26(32-25)24(17-29-27)28(34)31-16-20-6-10-22(11-7-20)33-14-4-3-5-15-33/h6-13,17-19H,3-5,14-16H2,1-2H3,(H,29,30)(H,31,34). The van der Waals surface area contributed by atoms with E-state index in [1.807, 2.05) is 0 Å². The summed E-state index contributed by atoms with van der Waals surface area (Å²) in [6.07, 6.45) is 6.99. The van der Waals surface area contributed by atoms with Crippen molar-refractivity contribution in [1.82, 2.24) is 20.3 Å². The number of hydrogen-bond acceptors (Lipinski definition) is 6. The quantitative estimate of drug-likeness (QED) is 0.367. The molecule has 2 aromatic heterocycles. The number of benzene rings is 2. The molecule has 0 atom stereocenters. The number of aromatic amines is 1. The molecular formula is C28H31N5O3S. The summed E-state index contributed by atoms with van der Waals surface area (Å²) in [6, 6.07) is 14.9. The number of hydrogen-bond donors (Lipinski definition) is 2. The van der Waals surface area contributed by atoms with Crippen LogP contribution in [0.4, 0.5) is 5.69 Å². The Labute approximate surface area is 217 Å². The van der Waals surface area contributed by atoms with Crippen molar-refractivity contribution >= 4 is 32.6 Å². The van der Waals surface area contributed by atoms with Gasteiger partial charge in [0.25, 0.3) is 5.91 Å². The van der Waals surface area contributed by atoms with Crippen LogP contribution < -0.4 is 10.2 Å². The predicted molar refractivity (Wildman–Crippen MR) is 145 cm³/mol. The summed E-state index contributed by atoms with van der Waals surface area (Å²) in [5.74, 6) is -0.240. The van der Waals surface area contributed by atoms with Crippen molar-refractivity contribution in [2.45, 2.75) is 49.8 Å². The number of aromatic nitrogens is 3. The van der Waals surface area contributed by atoms with E-state index in [1.54, 1.807) is 50.5 Å². The van der Waals surface area contributed by atoms with Crippen LogP contribution in [0.25, 0.3) is 22.4 Å². The summed E-state index contributed by atoms with van der Waals surface area (Å²) in [7, 11) is -3.35. The van der Waals surface area contributed by atoms with Crippen LogP contribution in [0.3, 0.4) is 0 Å². The molecule has 0 bridgehead atoms. The molecule has 1 saturated heterocycles. The SMILES string of the molecule is CC(C)S(=O)(=O)c1ccc(-c2cnc3[nH]cc(C(=O)NCc4ccc(N5CCCCC5)cc4)c3n2)cc1. The van der Waals surface area contributed by atoms with Gasteiger partial charge in [0.15, 0.2) is 15.5 Å². The van der Waals surface area contributed by atoms with Crippen molar-refractivity contribution in [1.29, 1.82) is 0 Å². The van der Waals surface area contributed by atoms with Gasteiger partial charge in [-0.05, 0) is 62.9 Å². The summed E-state index contributed by atoms with van der Waals surface area (Å²) in [6.45, 7) is 5.92. The third-order valence-corrected chi connectivity index (χ3v) is 9.01. The Hall–Kier alpha value is -3.72. The van der Waals surface area contributed by atoms with Gasteiger partial charge in [0, 0.05) is 37.1 Å². The zero-order valence-corrected chi connectivity index (χ0v) is 21.9. The zero-order valence-electron chi connectivity index (χ0n) is 21.1. The highest BCUT2D eigenvalue weighted by atomic mass is 32.2. The van der Waals surface area contributed by atoms with E-state index in [-0.39, 0.29) is 10.8 Å². The van der Waals surface area contributed by atoms with E-state index in [0.717, 1.165) is 24.2 Å². The second-order valence-electron chi connectivity index (χ2n) is 9.67. The lowest BCUT2D eigenvalue weighted by molar-refractivity contribution is 0.0952. The Morgan fingerprint density at radius 3 is 2.41 bits per heavy atom. The van der Waals surface area contributed by atoms with Gasteiger partial charge in [-0.2, -0.15) is 0 Å². The number of carbonyl (C=O) groups excluding carboxylic acids is 1. The summed E-state index contributed by atoms with van der Waals surface area (Å²) in [5.41, 5.74) is 4.92.